The molecule has 0 aliphatic rings. The second-order valence-corrected chi connectivity index (χ2v) is 4.26. The summed E-state index contributed by atoms with van der Waals surface area (Å²) in [6.07, 6.45) is -0.550. The van der Waals surface area contributed by atoms with Crippen molar-refractivity contribution in [3.05, 3.63) is 0 Å². The molecule has 0 unspecified atom stereocenters. The van der Waals surface area contributed by atoms with E-state index in [1.165, 1.54) is 0 Å². The second kappa shape index (κ2) is 3.03. The van der Waals surface area contributed by atoms with E-state index in [-0.39, 0.29) is 0 Å². The van der Waals surface area contributed by atoms with Gasteiger partial charge in [-0.1, -0.05) is 0 Å². The molecule has 0 fully saturated rings. The molecule has 54 valence electrons. The highest BCUT2D eigenvalue weighted by Gasteiger charge is 2.03. The van der Waals surface area contributed by atoms with Crippen molar-refractivity contribution < 1.29 is 18.3 Å². The van der Waals surface area contributed by atoms with Gasteiger partial charge in [-0.05, 0) is 0 Å². The predicted molar refractivity (Wildman–Crippen MR) is 29.3 cm³/mol. The van der Waals surface area contributed by atoms with Crippen LogP contribution in [0, 0.1) is 0 Å². The zero-order valence-electron chi connectivity index (χ0n) is 4.33. The number of carbonyl (C=O) groups excluding carboxylic acids is 1. The topological polar surface area (TPSA) is 74.3 Å². The van der Waals surface area contributed by atoms with Crippen molar-refractivity contribution in [2.24, 2.45) is 0 Å². The van der Waals surface area contributed by atoms with Crippen molar-refractivity contribution in [1.82, 2.24) is 0 Å². The number of carboxylic acid groups (broad SMARTS) is 1. The number of carbonyl (C=O) groups is 1. The Bertz CT molecular complexity index is 194. The van der Waals surface area contributed by atoms with E-state index in [1.54, 1.807) is 0 Å². The van der Waals surface area contributed by atoms with Crippen LogP contribution in [0.3, 0.4) is 0 Å². The predicted octanol–water partition coefficient (Wildman–Crippen LogP) is -1.30. The first-order valence-corrected chi connectivity index (χ1v) is 4.52. The smallest absolute Gasteiger partial charge is 0.232 e. The summed E-state index contributed by atoms with van der Waals surface area (Å²) in [6, 6.07) is 0. The highest BCUT2D eigenvalue weighted by molar-refractivity contribution is 8.13. The molecule has 0 aliphatic heterocycles. The van der Waals surface area contributed by atoms with Gasteiger partial charge in [0.15, 0.2) is 0 Å². The Labute approximate surface area is 56.9 Å². The van der Waals surface area contributed by atoms with E-state index in [0.717, 1.165) is 0 Å². The first-order chi connectivity index (χ1) is 3.92. The number of hydrogen-bond donors (Lipinski definition) is 0. The van der Waals surface area contributed by atoms with Crippen molar-refractivity contribution >= 4 is 25.7 Å². The fourth-order valence-corrected chi connectivity index (χ4v) is 0.847. The summed E-state index contributed by atoms with van der Waals surface area (Å²) >= 11 is 0. The number of hydrogen-bond acceptors (Lipinski definition) is 4. The molecular formula is C3H4ClO4S-. The molecular weight excluding hydrogens is 168 g/mol. The van der Waals surface area contributed by atoms with Gasteiger partial charge < -0.3 is 9.90 Å². The van der Waals surface area contributed by atoms with Gasteiger partial charge in [0, 0.05) is 23.1 Å². The van der Waals surface area contributed by atoms with Crippen LogP contribution in [0.25, 0.3) is 0 Å². The summed E-state index contributed by atoms with van der Waals surface area (Å²) in [4.78, 5) is 9.61. The lowest BCUT2D eigenvalue weighted by molar-refractivity contribution is -0.305. The summed E-state index contributed by atoms with van der Waals surface area (Å²) in [6.45, 7) is 0. The van der Waals surface area contributed by atoms with Gasteiger partial charge >= 0.3 is 0 Å². The van der Waals surface area contributed by atoms with Crippen LogP contribution in [0.5, 0.6) is 0 Å². The lowest BCUT2D eigenvalue weighted by Gasteiger charge is -1.96. The van der Waals surface area contributed by atoms with Gasteiger partial charge in [0.25, 0.3) is 0 Å². The number of carboxylic acids is 1. The minimum absolute atomic E-state index is 0.550. The van der Waals surface area contributed by atoms with Crippen molar-refractivity contribution in [3.63, 3.8) is 0 Å². The fraction of sp³-hybridized carbons (Fsp3) is 0.667. The maximum absolute atomic E-state index is 10.0. The quantitative estimate of drug-likeness (QED) is 0.495. The third kappa shape index (κ3) is 7.71. The Balaban J connectivity index is 3.67. The number of aliphatic carboxylic acids is 1. The van der Waals surface area contributed by atoms with E-state index in [0.29, 0.717) is 0 Å². The third-order valence-electron chi connectivity index (χ3n) is 0.550. The van der Waals surface area contributed by atoms with Gasteiger partial charge in [-0.25, -0.2) is 8.42 Å². The second-order valence-electron chi connectivity index (χ2n) is 1.36. The van der Waals surface area contributed by atoms with E-state index in [2.05, 4.69) is 10.7 Å². The maximum Gasteiger partial charge on any atom is 0.232 e. The average Bonchev–Trinajstić information content (AvgIpc) is 1.59. The van der Waals surface area contributed by atoms with Gasteiger partial charge in [0.05, 0.1) is 5.75 Å². The van der Waals surface area contributed by atoms with E-state index in [1.807, 2.05) is 0 Å². The van der Waals surface area contributed by atoms with Gasteiger partial charge in [-0.3, -0.25) is 0 Å². The molecule has 0 saturated carbocycles. The van der Waals surface area contributed by atoms with Crippen LogP contribution in [0.2, 0.25) is 0 Å². The van der Waals surface area contributed by atoms with Crippen molar-refractivity contribution in [2.45, 2.75) is 6.42 Å². The molecule has 0 aliphatic carbocycles. The molecule has 0 rings (SSSR count). The van der Waals surface area contributed by atoms with Crippen LogP contribution >= 0.6 is 10.7 Å². The molecule has 0 N–H and O–H groups in total. The Kier molecular flexibility index (Phi) is 2.93. The average molecular weight is 172 g/mol. The molecule has 0 aromatic heterocycles. The van der Waals surface area contributed by atoms with Gasteiger partial charge in [0.2, 0.25) is 9.05 Å². The van der Waals surface area contributed by atoms with Crippen LogP contribution in [0.15, 0.2) is 0 Å². The molecule has 9 heavy (non-hydrogen) atoms. The zero-order valence-corrected chi connectivity index (χ0v) is 5.91. The normalized spacial score (nSPS) is 11.2. The summed E-state index contributed by atoms with van der Waals surface area (Å²) in [5.41, 5.74) is 0. The largest absolute Gasteiger partial charge is 0.550 e. The number of halogens is 1. The molecule has 0 atom stereocenters. The van der Waals surface area contributed by atoms with E-state index in [4.69, 9.17) is 0 Å². The van der Waals surface area contributed by atoms with Gasteiger partial charge in [-0.2, -0.15) is 0 Å². The summed E-state index contributed by atoms with van der Waals surface area (Å²) in [5, 5.41) is 9.61. The maximum atomic E-state index is 10.0. The standard InChI is InChI=1S/C3H5ClO4S/c4-9(7,8)2-1-3(5)6/h1-2H2,(H,5,6)/p-1. The highest BCUT2D eigenvalue weighted by Crippen LogP contribution is 1.96. The van der Waals surface area contributed by atoms with E-state index >= 15 is 0 Å². The molecule has 0 aromatic rings. The lowest BCUT2D eigenvalue weighted by Crippen LogP contribution is -2.24. The first-order valence-electron chi connectivity index (χ1n) is 2.04. The first kappa shape index (κ1) is 8.71. The molecule has 6 heteroatoms. The van der Waals surface area contributed by atoms with Crippen LogP contribution in [0.4, 0.5) is 0 Å². The van der Waals surface area contributed by atoms with Crippen LogP contribution in [-0.4, -0.2) is 20.1 Å². The molecule has 0 aromatic carbocycles. The van der Waals surface area contributed by atoms with Crippen LogP contribution < -0.4 is 5.11 Å². The van der Waals surface area contributed by atoms with Gasteiger partial charge in [-0.15, -0.1) is 0 Å². The Morgan fingerprint density at radius 3 is 2.11 bits per heavy atom. The Morgan fingerprint density at radius 2 is 2.00 bits per heavy atom. The lowest BCUT2D eigenvalue weighted by atomic mass is 10.5. The fourth-order valence-electron chi connectivity index (χ4n) is 0.205. The molecule has 0 saturated heterocycles. The molecule has 0 amide bonds. The summed E-state index contributed by atoms with van der Waals surface area (Å²) in [7, 11) is 0.991. The molecule has 0 heterocycles. The van der Waals surface area contributed by atoms with Crippen LogP contribution in [0.1, 0.15) is 6.42 Å². The van der Waals surface area contributed by atoms with Crippen molar-refractivity contribution in [1.29, 1.82) is 0 Å². The minimum Gasteiger partial charge on any atom is -0.550 e. The van der Waals surface area contributed by atoms with E-state index in [9.17, 15) is 18.3 Å². The van der Waals surface area contributed by atoms with Gasteiger partial charge in [0.1, 0.15) is 0 Å². The Hall–Kier alpha value is -0.290. The minimum atomic E-state index is -3.67. The van der Waals surface area contributed by atoms with Crippen molar-refractivity contribution in [3.8, 4) is 0 Å². The summed E-state index contributed by atoms with van der Waals surface area (Å²) < 4.78 is 20.0. The highest BCUT2D eigenvalue weighted by atomic mass is 35.7. The molecule has 0 spiro atoms. The monoisotopic (exact) mass is 171 g/mol. The SMILES string of the molecule is O=C([O-])CCS(=O)(=O)Cl. The molecule has 0 radical (unpaired) electrons. The van der Waals surface area contributed by atoms with Crippen LogP contribution in [-0.2, 0) is 13.8 Å². The van der Waals surface area contributed by atoms with Crippen molar-refractivity contribution in [2.75, 3.05) is 5.75 Å². The number of rotatable bonds is 3. The van der Waals surface area contributed by atoms with E-state index < -0.39 is 27.2 Å². The zero-order chi connectivity index (χ0) is 7.49. The molecule has 0 bridgehead atoms. The molecule has 4 nitrogen and oxygen atoms in total. The Morgan fingerprint density at radius 1 is 1.56 bits per heavy atom. The summed E-state index contributed by atoms with van der Waals surface area (Å²) in [5.74, 6) is -1.99. The third-order valence-corrected chi connectivity index (χ3v) is 1.70.